The van der Waals surface area contributed by atoms with Gasteiger partial charge in [-0.2, -0.15) is 0 Å². The molecule has 3 aromatic carbocycles. The quantitative estimate of drug-likeness (QED) is 0.305. The number of nitrogens with zero attached hydrogens (tertiary/aromatic N) is 1. The molecule has 3 aromatic rings. The zero-order valence-corrected chi connectivity index (χ0v) is 16.6. The summed E-state index contributed by atoms with van der Waals surface area (Å²) in [4.78, 5) is 0. The molecule has 9 heteroatoms. The van der Waals surface area contributed by atoms with Crippen molar-refractivity contribution in [1.82, 2.24) is 0 Å². The summed E-state index contributed by atoms with van der Waals surface area (Å²) in [6, 6.07) is 31.9. The minimum absolute atomic E-state index is 1.30. The molecule has 0 unspecified atom stereocenters. The van der Waals surface area contributed by atoms with Crippen molar-refractivity contribution in [2.45, 2.75) is 0 Å². The second-order valence-corrected chi connectivity index (χ2v) is 10.9. The average Bonchev–Trinajstić information content (AvgIpc) is 2.63. The molecule has 3 rings (SSSR count). The first-order chi connectivity index (χ1) is 12.8. The summed E-state index contributed by atoms with van der Waals surface area (Å²) in [6.07, 6.45) is 0. The fraction of sp³-hybridized carbons (Fsp3) is 0.0526. The number of hydrogen-bond donors (Lipinski definition) is 0. The monoisotopic (exact) mass is 436 g/mol. The second kappa shape index (κ2) is 7.38. The van der Waals surface area contributed by atoms with Crippen molar-refractivity contribution in [3.63, 3.8) is 0 Å². The molecule has 0 aliphatic heterocycles. The van der Waals surface area contributed by atoms with Crippen LogP contribution in [0.1, 0.15) is 0 Å². The van der Waals surface area contributed by atoms with Crippen LogP contribution in [0.3, 0.4) is 0 Å². The van der Waals surface area contributed by atoms with Gasteiger partial charge in [-0.3, -0.25) is 4.74 Å². The van der Waals surface area contributed by atoms with Gasteiger partial charge in [-0.1, -0.05) is 91.0 Å². The number of halogens is 6. The van der Waals surface area contributed by atoms with Crippen LogP contribution in [0.5, 0.6) is 0 Å². The van der Waals surface area contributed by atoms with Crippen LogP contribution in [0.25, 0.3) is 0 Å². The summed E-state index contributed by atoms with van der Waals surface area (Å²) in [7, 11) is -10.6. The molecule has 0 aliphatic carbocycles. The van der Waals surface area contributed by atoms with E-state index in [1.165, 1.54) is 15.9 Å². The summed E-state index contributed by atoms with van der Waals surface area (Å²) in [6.45, 7) is 0. The van der Waals surface area contributed by atoms with Crippen LogP contribution in [0, 0.1) is 0 Å². The molecule has 0 saturated heterocycles. The third-order valence-electron chi connectivity index (χ3n) is 3.69. The molecule has 0 heterocycles. The van der Waals surface area contributed by atoms with E-state index in [4.69, 9.17) is 4.74 Å². The van der Waals surface area contributed by atoms with Gasteiger partial charge < -0.3 is 0 Å². The van der Waals surface area contributed by atoms with Gasteiger partial charge in [0.05, 0.1) is 7.05 Å². The van der Waals surface area contributed by atoms with E-state index in [1.54, 1.807) is 0 Å². The number of benzene rings is 3. The zero-order valence-electron chi connectivity index (χ0n) is 14.8. The molecule has 0 bridgehead atoms. The Morgan fingerprint density at radius 2 is 0.750 bits per heavy atom. The maximum absolute atomic E-state index is 10.7. The van der Waals surface area contributed by atoms with E-state index in [0.29, 0.717) is 0 Å². The van der Waals surface area contributed by atoms with Crippen LogP contribution in [0.2, 0.25) is 0 Å². The van der Waals surface area contributed by atoms with E-state index in [1.807, 2.05) is 7.05 Å². The molecule has 0 amide bonds. The fourth-order valence-electron chi connectivity index (χ4n) is 2.72. The zero-order chi connectivity index (χ0) is 21.0. The van der Waals surface area contributed by atoms with Gasteiger partial charge in [-0.05, 0) is 0 Å². The topological polar surface area (TPSA) is 12.4 Å². The molecule has 1 nitrogen and oxygen atoms in total. The van der Waals surface area contributed by atoms with Gasteiger partial charge in [-0.25, -0.2) is 0 Å². The summed E-state index contributed by atoms with van der Waals surface area (Å²) < 4.78 is 64.1. The summed E-state index contributed by atoms with van der Waals surface area (Å²) >= 11 is 0. The number of hydrogen-bond acceptors (Lipinski definition) is 1. The molecule has 152 valence electrons. The van der Waals surface area contributed by atoms with E-state index in [9.17, 15) is 25.2 Å². The van der Waals surface area contributed by atoms with E-state index in [0.717, 1.165) is 0 Å². The van der Waals surface area contributed by atoms with E-state index < -0.39 is 14.9 Å². The third kappa shape index (κ3) is 6.81. The van der Waals surface area contributed by atoms with Crippen LogP contribution >= 0.6 is 14.9 Å². The van der Waals surface area contributed by atoms with Gasteiger partial charge in [0.1, 0.15) is 0 Å². The maximum atomic E-state index is 9.87. The van der Waals surface area contributed by atoms with Crippen molar-refractivity contribution < 1.29 is 25.2 Å². The predicted molar refractivity (Wildman–Crippen MR) is 107 cm³/mol. The SMILES string of the molecule is CN=P(c1ccccc1)(c1ccccc1)c1ccccc1.F[P-](F)(F)(F)(F)F. The molecule has 28 heavy (non-hydrogen) atoms. The molecule has 0 atom stereocenters. The van der Waals surface area contributed by atoms with Crippen molar-refractivity contribution in [2.24, 2.45) is 4.74 Å². The summed E-state index contributed by atoms with van der Waals surface area (Å²) in [5, 5.41) is 3.89. The molecular formula is C19H18F6NP2-. The fourth-order valence-corrected chi connectivity index (χ4v) is 6.12. The first-order valence-corrected chi connectivity index (χ1v) is 11.8. The predicted octanol–water partition coefficient (Wildman–Crippen LogP) is 7.18. The van der Waals surface area contributed by atoms with Gasteiger partial charge in [0.15, 0.2) is 0 Å². The summed E-state index contributed by atoms with van der Waals surface area (Å²) in [5.74, 6) is 0. The van der Waals surface area contributed by atoms with E-state index >= 15 is 0 Å². The van der Waals surface area contributed by atoms with Gasteiger partial charge in [0.25, 0.3) is 0 Å². The van der Waals surface area contributed by atoms with Crippen molar-refractivity contribution in [1.29, 1.82) is 0 Å². The molecule has 0 aliphatic rings. The molecule has 0 saturated carbocycles. The minimum atomic E-state index is -10.7. The summed E-state index contributed by atoms with van der Waals surface area (Å²) in [5.41, 5.74) is 0. The molecule has 0 N–H and O–H groups in total. The van der Waals surface area contributed by atoms with E-state index in [-0.39, 0.29) is 0 Å². The third-order valence-corrected chi connectivity index (χ3v) is 7.43. The van der Waals surface area contributed by atoms with Gasteiger partial charge >= 0.3 is 33.0 Å². The van der Waals surface area contributed by atoms with Crippen LogP contribution < -0.4 is 15.9 Å². The van der Waals surface area contributed by atoms with Crippen LogP contribution in [0.15, 0.2) is 95.7 Å². The molecule has 0 radical (unpaired) electrons. The van der Waals surface area contributed by atoms with Gasteiger partial charge in [-0.15, -0.1) is 0 Å². The molecular weight excluding hydrogens is 418 g/mol. The molecule has 0 fully saturated rings. The first-order valence-electron chi connectivity index (χ1n) is 8.06. The number of rotatable bonds is 3. The Kier molecular flexibility index (Phi) is 5.85. The average molecular weight is 436 g/mol. The van der Waals surface area contributed by atoms with Gasteiger partial charge in [0.2, 0.25) is 0 Å². The second-order valence-electron chi connectivity index (χ2n) is 5.80. The molecule has 0 aromatic heterocycles. The van der Waals surface area contributed by atoms with Crippen molar-refractivity contribution >= 4 is 30.8 Å². The molecule has 0 spiro atoms. The Bertz CT molecular complexity index is 843. The van der Waals surface area contributed by atoms with Crippen molar-refractivity contribution in [3.05, 3.63) is 91.0 Å². The Hall–Kier alpha value is -2.10. The van der Waals surface area contributed by atoms with E-state index in [2.05, 4.69) is 91.0 Å². The Labute approximate surface area is 159 Å². The standard InChI is InChI=1S/C19H18NP.F6P/c1-20-21(17-11-5-2-6-12-17,18-13-7-3-8-14-18)19-15-9-4-10-16-19;1-7(2,3,4,5)6/h2-16H,1H3;/q;-1. The Morgan fingerprint density at radius 3 is 0.929 bits per heavy atom. The van der Waals surface area contributed by atoms with Crippen LogP contribution in [-0.4, -0.2) is 7.05 Å². The first kappa shape index (κ1) is 22.2. The van der Waals surface area contributed by atoms with Gasteiger partial charge in [0, 0.05) is 23.0 Å². The normalized spacial score (nSPS) is 14.1. The Balaban J connectivity index is 0.000000345. The van der Waals surface area contributed by atoms with Crippen molar-refractivity contribution in [2.75, 3.05) is 7.05 Å². The van der Waals surface area contributed by atoms with Crippen LogP contribution in [0.4, 0.5) is 25.2 Å². The van der Waals surface area contributed by atoms with Crippen LogP contribution in [-0.2, 0) is 0 Å². The van der Waals surface area contributed by atoms with Crippen molar-refractivity contribution in [3.8, 4) is 0 Å². The Morgan fingerprint density at radius 1 is 0.536 bits per heavy atom.